The van der Waals surface area contributed by atoms with Gasteiger partial charge in [0.2, 0.25) is 0 Å². The quantitative estimate of drug-likeness (QED) is 0.729. The molecule has 0 unspecified atom stereocenters. The van der Waals surface area contributed by atoms with Crippen LogP contribution in [0.25, 0.3) is 0 Å². The van der Waals surface area contributed by atoms with E-state index in [2.05, 4.69) is 0 Å². The minimum Gasteiger partial charge on any atom is -0.413 e. The fourth-order valence-electron chi connectivity index (χ4n) is 1.52. The summed E-state index contributed by atoms with van der Waals surface area (Å²) in [6.45, 7) is 1.77. The molecule has 0 saturated carbocycles. The average molecular weight is 274 g/mol. The summed E-state index contributed by atoms with van der Waals surface area (Å²) in [5, 5.41) is 0. The van der Waals surface area contributed by atoms with Crippen molar-refractivity contribution in [3.63, 3.8) is 0 Å². The van der Waals surface area contributed by atoms with Crippen molar-refractivity contribution >= 4 is 7.60 Å². The Morgan fingerprint density at radius 2 is 1.26 bits per heavy atom. The molecule has 0 aliphatic heterocycles. The van der Waals surface area contributed by atoms with Gasteiger partial charge >= 0.3 is 7.60 Å². The second kappa shape index (κ2) is 6.26. The Hall–Kier alpha value is -1.99. The Labute approximate surface area is 113 Å². The lowest BCUT2D eigenvalue weighted by molar-refractivity contribution is 0.398. The second-order valence-electron chi connectivity index (χ2n) is 3.83. The van der Waals surface area contributed by atoms with Crippen LogP contribution in [0.2, 0.25) is 0 Å². The van der Waals surface area contributed by atoms with Gasteiger partial charge in [0.15, 0.2) is 0 Å². The molecule has 2 aromatic carbocycles. The van der Waals surface area contributed by atoms with Crippen molar-refractivity contribution in [2.24, 2.45) is 0 Å². The van der Waals surface area contributed by atoms with E-state index in [1.54, 1.807) is 37.3 Å². The summed E-state index contributed by atoms with van der Waals surface area (Å²) in [6.07, 6.45) is 1.66. The van der Waals surface area contributed by atoms with Gasteiger partial charge in [-0.25, -0.2) is 4.57 Å². The Morgan fingerprint density at radius 1 is 0.842 bits per heavy atom. The lowest BCUT2D eigenvalue weighted by atomic mass is 10.3. The minimum atomic E-state index is -3.34. The van der Waals surface area contributed by atoms with Gasteiger partial charge in [-0.1, -0.05) is 42.5 Å². The number of rotatable bonds is 5. The molecule has 19 heavy (non-hydrogen) atoms. The first kappa shape index (κ1) is 13.4. The number of para-hydroxylation sites is 2. The Kier molecular flexibility index (Phi) is 4.43. The van der Waals surface area contributed by atoms with Crippen LogP contribution in [-0.4, -0.2) is 0 Å². The molecule has 0 spiro atoms. The molecular weight excluding hydrogens is 259 g/mol. The summed E-state index contributed by atoms with van der Waals surface area (Å²) in [5.41, 5.74) is 0. The maximum atomic E-state index is 12.6. The molecule has 0 aromatic heterocycles. The van der Waals surface area contributed by atoms with E-state index in [0.717, 1.165) is 0 Å². The summed E-state index contributed by atoms with van der Waals surface area (Å²) >= 11 is 0. The third-order valence-electron chi connectivity index (χ3n) is 2.28. The van der Waals surface area contributed by atoms with Gasteiger partial charge in [-0.15, -0.1) is 0 Å². The van der Waals surface area contributed by atoms with Gasteiger partial charge in [-0.05, 0) is 31.2 Å². The zero-order chi connectivity index (χ0) is 13.6. The molecule has 0 heterocycles. The van der Waals surface area contributed by atoms with Crippen LogP contribution in [0.1, 0.15) is 6.92 Å². The van der Waals surface area contributed by atoms with Gasteiger partial charge in [-0.2, -0.15) is 0 Å². The van der Waals surface area contributed by atoms with Crippen molar-refractivity contribution in [2.75, 3.05) is 0 Å². The molecule has 0 bridgehead atoms. The van der Waals surface area contributed by atoms with Crippen molar-refractivity contribution in [3.05, 3.63) is 72.6 Å². The molecule has 0 saturated heterocycles. The highest BCUT2D eigenvalue weighted by Crippen LogP contribution is 2.49. The maximum absolute atomic E-state index is 12.6. The Bertz CT molecular complexity index is 533. The number of hydrogen-bond acceptors (Lipinski definition) is 3. The molecule has 0 radical (unpaired) electrons. The van der Waals surface area contributed by atoms with Gasteiger partial charge in [0.05, 0.1) is 0 Å². The van der Waals surface area contributed by atoms with E-state index in [1.807, 2.05) is 36.4 Å². The van der Waals surface area contributed by atoms with E-state index in [4.69, 9.17) is 9.05 Å². The smallest absolute Gasteiger partial charge is 0.413 e. The fraction of sp³-hybridized carbons (Fsp3) is 0.0667. The first-order chi connectivity index (χ1) is 9.22. The van der Waals surface area contributed by atoms with Gasteiger partial charge in [0, 0.05) is 5.82 Å². The molecule has 0 amide bonds. The van der Waals surface area contributed by atoms with Crippen LogP contribution in [-0.2, 0) is 4.57 Å². The molecule has 2 aromatic rings. The number of hydrogen-bond donors (Lipinski definition) is 0. The van der Waals surface area contributed by atoms with Crippen LogP contribution >= 0.6 is 7.60 Å². The van der Waals surface area contributed by atoms with E-state index in [9.17, 15) is 4.57 Å². The molecule has 98 valence electrons. The third-order valence-corrected chi connectivity index (χ3v) is 3.88. The van der Waals surface area contributed by atoms with E-state index in [0.29, 0.717) is 11.5 Å². The van der Waals surface area contributed by atoms with E-state index < -0.39 is 7.60 Å². The Balaban J connectivity index is 2.21. The number of allylic oxidation sites excluding steroid dienone is 1. The van der Waals surface area contributed by atoms with Gasteiger partial charge in [0.25, 0.3) is 0 Å². The van der Waals surface area contributed by atoms with Gasteiger partial charge in [0.1, 0.15) is 11.5 Å². The minimum absolute atomic E-state index is 0.514. The van der Waals surface area contributed by atoms with Gasteiger partial charge in [-0.3, -0.25) is 0 Å². The third kappa shape index (κ3) is 4.01. The SMILES string of the molecule is C/C=C/P(=O)(Oc1ccccc1)Oc1ccccc1. The predicted molar refractivity (Wildman–Crippen MR) is 76.6 cm³/mol. The summed E-state index contributed by atoms with van der Waals surface area (Å²) in [7, 11) is -3.34. The van der Waals surface area contributed by atoms with Crippen LogP contribution in [0.5, 0.6) is 11.5 Å². The number of benzene rings is 2. The molecular formula is C15H15O3P. The fourth-order valence-corrected chi connectivity index (χ4v) is 2.87. The summed E-state index contributed by atoms with van der Waals surface area (Å²) in [4.78, 5) is 0. The van der Waals surface area contributed by atoms with Crippen LogP contribution in [0.15, 0.2) is 72.6 Å². The van der Waals surface area contributed by atoms with Crippen molar-refractivity contribution in [1.29, 1.82) is 0 Å². The predicted octanol–water partition coefficient (Wildman–Crippen LogP) is 4.87. The molecule has 0 fully saturated rings. The van der Waals surface area contributed by atoms with Crippen LogP contribution in [0.3, 0.4) is 0 Å². The molecule has 0 atom stereocenters. The monoisotopic (exact) mass is 274 g/mol. The largest absolute Gasteiger partial charge is 0.455 e. The lowest BCUT2D eigenvalue weighted by Gasteiger charge is -2.16. The maximum Gasteiger partial charge on any atom is 0.455 e. The standard InChI is InChI=1S/C15H15O3P/c1-2-13-19(16,17-14-9-5-3-6-10-14)18-15-11-7-4-8-12-15/h2-13H,1H3/b13-2+. The molecule has 4 heteroatoms. The highest BCUT2D eigenvalue weighted by atomic mass is 31.2. The first-order valence-electron chi connectivity index (χ1n) is 5.95. The topological polar surface area (TPSA) is 35.5 Å². The molecule has 0 aliphatic rings. The van der Waals surface area contributed by atoms with Crippen molar-refractivity contribution in [3.8, 4) is 11.5 Å². The lowest BCUT2D eigenvalue weighted by Crippen LogP contribution is -1.98. The van der Waals surface area contributed by atoms with Crippen molar-refractivity contribution < 1.29 is 13.6 Å². The van der Waals surface area contributed by atoms with Crippen molar-refractivity contribution in [1.82, 2.24) is 0 Å². The molecule has 0 N–H and O–H groups in total. The molecule has 3 nitrogen and oxygen atoms in total. The first-order valence-corrected chi connectivity index (χ1v) is 7.56. The zero-order valence-electron chi connectivity index (χ0n) is 10.6. The van der Waals surface area contributed by atoms with Crippen molar-refractivity contribution in [2.45, 2.75) is 6.92 Å². The summed E-state index contributed by atoms with van der Waals surface area (Å²) < 4.78 is 23.6. The zero-order valence-corrected chi connectivity index (χ0v) is 11.5. The van der Waals surface area contributed by atoms with Gasteiger partial charge < -0.3 is 9.05 Å². The average Bonchev–Trinajstić information content (AvgIpc) is 2.41. The second-order valence-corrected chi connectivity index (χ2v) is 5.57. The van der Waals surface area contributed by atoms with Crippen LogP contribution < -0.4 is 9.05 Å². The van der Waals surface area contributed by atoms with E-state index in [1.165, 1.54) is 5.82 Å². The normalized spacial score (nSPS) is 11.4. The highest BCUT2D eigenvalue weighted by molar-refractivity contribution is 7.58. The molecule has 0 aliphatic carbocycles. The van der Waals surface area contributed by atoms with E-state index in [-0.39, 0.29) is 0 Å². The van der Waals surface area contributed by atoms with Crippen LogP contribution in [0.4, 0.5) is 0 Å². The van der Waals surface area contributed by atoms with E-state index >= 15 is 0 Å². The summed E-state index contributed by atoms with van der Waals surface area (Å²) in [5.74, 6) is 2.48. The van der Waals surface area contributed by atoms with Crippen LogP contribution in [0, 0.1) is 0 Å². The molecule has 2 rings (SSSR count). The Morgan fingerprint density at radius 3 is 1.63 bits per heavy atom. The summed E-state index contributed by atoms with van der Waals surface area (Å²) in [6, 6.07) is 18.0. The highest BCUT2D eigenvalue weighted by Gasteiger charge is 2.23.